The molecule has 3 rings (SSSR count). The second-order valence-corrected chi connectivity index (χ2v) is 7.43. The van der Waals surface area contributed by atoms with Crippen molar-refractivity contribution in [1.82, 2.24) is 0 Å². The molecule has 1 atom stereocenters. The molecule has 0 aliphatic heterocycles. The van der Waals surface area contributed by atoms with E-state index in [0.717, 1.165) is 16.7 Å². The summed E-state index contributed by atoms with van der Waals surface area (Å²) >= 11 is 7.20. The number of carbonyl (C=O) groups is 2. The second kappa shape index (κ2) is 8.37. The van der Waals surface area contributed by atoms with Crippen LogP contribution in [0.2, 0.25) is 5.02 Å². The quantitative estimate of drug-likeness (QED) is 0.571. The van der Waals surface area contributed by atoms with Gasteiger partial charge in [-0.05, 0) is 49.1 Å². The Kier molecular flexibility index (Phi) is 5.94. The molecule has 27 heavy (non-hydrogen) atoms. The molecule has 0 fully saturated rings. The lowest BCUT2D eigenvalue weighted by molar-refractivity contribution is -0.123. The van der Waals surface area contributed by atoms with Crippen LogP contribution in [-0.2, 0) is 9.53 Å². The predicted octanol–water partition coefficient (Wildman–Crippen LogP) is 5.56. The van der Waals surface area contributed by atoms with Gasteiger partial charge in [0.25, 0.3) is 5.91 Å². The molecular formula is C21H18ClNO3S. The zero-order valence-electron chi connectivity index (χ0n) is 14.9. The molecule has 6 heteroatoms. The van der Waals surface area contributed by atoms with E-state index in [2.05, 4.69) is 5.32 Å². The highest BCUT2D eigenvalue weighted by molar-refractivity contribution is 7.12. The first-order valence-electron chi connectivity index (χ1n) is 8.36. The summed E-state index contributed by atoms with van der Waals surface area (Å²) in [5.41, 5.74) is 3.42. The number of carbonyl (C=O) groups excluding carboxylic acids is 2. The monoisotopic (exact) mass is 399 g/mol. The van der Waals surface area contributed by atoms with Crippen molar-refractivity contribution in [2.75, 3.05) is 5.32 Å². The summed E-state index contributed by atoms with van der Waals surface area (Å²) in [5, 5.41) is 5.04. The van der Waals surface area contributed by atoms with Crippen LogP contribution < -0.4 is 5.32 Å². The van der Waals surface area contributed by atoms with Crippen LogP contribution in [0.1, 0.15) is 22.2 Å². The van der Waals surface area contributed by atoms with Gasteiger partial charge in [-0.1, -0.05) is 47.5 Å². The summed E-state index contributed by atoms with van der Waals surface area (Å²) in [6.45, 7) is 3.55. The first kappa shape index (κ1) is 19.1. The highest BCUT2D eigenvalue weighted by Crippen LogP contribution is 2.29. The summed E-state index contributed by atoms with van der Waals surface area (Å²) in [6, 6.07) is 16.6. The van der Waals surface area contributed by atoms with Gasteiger partial charge in [0.05, 0.1) is 0 Å². The zero-order valence-corrected chi connectivity index (χ0v) is 16.4. The molecule has 0 unspecified atom stereocenters. The van der Waals surface area contributed by atoms with E-state index in [-0.39, 0.29) is 0 Å². The molecule has 0 aliphatic carbocycles. The number of aryl methyl sites for hydroxylation is 1. The number of nitrogens with one attached hydrogen (secondary N) is 1. The molecule has 0 radical (unpaired) electrons. The first-order chi connectivity index (χ1) is 12.9. The van der Waals surface area contributed by atoms with Gasteiger partial charge >= 0.3 is 5.97 Å². The summed E-state index contributed by atoms with van der Waals surface area (Å²) in [4.78, 5) is 25.3. The van der Waals surface area contributed by atoms with Crippen LogP contribution >= 0.6 is 22.9 Å². The molecule has 4 nitrogen and oxygen atoms in total. The van der Waals surface area contributed by atoms with E-state index in [1.807, 2.05) is 42.6 Å². The van der Waals surface area contributed by atoms with Crippen LogP contribution in [-0.4, -0.2) is 18.0 Å². The molecule has 0 aliphatic rings. The number of halogens is 1. The Morgan fingerprint density at radius 2 is 1.85 bits per heavy atom. The van der Waals surface area contributed by atoms with Crippen LogP contribution in [0.15, 0.2) is 60.0 Å². The lowest BCUT2D eigenvalue weighted by Crippen LogP contribution is -2.29. The van der Waals surface area contributed by atoms with E-state index < -0.39 is 18.0 Å². The fourth-order valence-electron chi connectivity index (χ4n) is 2.51. The van der Waals surface area contributed by atoms with Crippen LogP contribution in [0.5, 0.6) is 0 Å². The minimum absolute atomic E-state index is 0.418. The lowest BCUT2D eigenvalue weighted by Gasteiger charge is -2.14. The van der Waals surface area contributed by atoms with E-state index in [9.17, 15) is 9.59 Å². The topological polar surface area (TPSA) is 55.4 Å². The molecule has 1 heterocycles. The molecule has 0 bridgehead atoms. The van der Waals surface area contributed by atoms with E-state index >= 15 is 0 Å². The van der Waals surface area contributed by atoms with E-state index in [1.165, 1.54) is 18.3 Å². The van der Waals surface area contributed by atoms with E-state index in [0.29, 0.717) is 15.6 Å². The minimum Gasteiger partial charge on any atom is -0.448 e. The number of hydrogen-bond acceptors (Lipinski definition) is 4. The van der Waals surface area contributed by atoms with Crippen LogP contribution in [0.3, 0.4) is 0 Å². The summed E-state index contributed by atoms with van der Waals surface area (Å²) in [6.07, 6.45) is -0.940. The maximum Gasteiger partial charge on any atom is 0.349 e. The molecule has 1 aromatic heterocycles. The van der Waals surface area contributed by atoms with Crippen molar-refractivity contribution >= 4 is 40.5 Å². The second-order valence-electron chi connectivity index (χ2n) is 6.08. The van der Waals surface area contributed by atoms with Crippen LogP contribution in [0.25, 0.3) is 11.1 Å². The van der Waals surface area contributed by atoms with Crippen LogP contribution in [0.4, 0.5) is 5.69 Å². The standard InChI is InChI=1S/C21H18ClNO3S/c1-13-6-8-15(9-7-13)18-10-11-27-19(18)21(25)26-14(2)20(24)23-17-5-3-4-16(22)12-17/h3-12,14H,1-2H3,(H,23,24)/t14-/m1/s1. The SMILES string of the molecule is Cc1ccc(-c2ccsc2C(=O)O[C@H](C)C(=O)Nc2cccc(Cl)c2)cc1. The summed E-state index contributed by atoms with van der Waals surface area (Å²) < 4.78 is 5.37. The number of rotatable bonds is 5. The van der Waals surface area contributed by atoms with Gasteiger partial charge in [-0.25, -0.2) is 4.79 Å². The third-order valence-corrected chi connectivity index (χ3v) is 5.09. The van der Waals surface area contributed by atoms with Crippen molar-refractivity contribution in [3.63, 3.8) is 0 Å². The number of esters is 1. The van der Waals surface area contributed by atoms with Gasteiger partial charge in [0.15, 0.2) is 6.10 Å². The molecule has 0 saturated heterocycles. The Morgan fingerprint density at radius 1 is 1.11 bits per heavy atom. The van der Waals surface area contributed by atoms with E-state index in [4.69, 9.17) is 16.3 Å². The number of hydrogen-bond donors (Lipinski definition) is 1. The number of benzene rings is 2. The molecule has 2 aromatic carbocycles. The fourth-order valence-corrected chi connectivity index (χ4v) is 3.49. The normalized spacial score (nSPS) is 11.7. The summed E-state index contributed by atoms with van der Waals surface area (Å²) in [5.74, 6) is -0.937. The predicted molar refractivity (Wildman–Crippen MR) is 109 cm³/mol. The Balaban J connectivity index is 1.69. The number of amides is 1. The number of thiophene rings is 1. The molecule has 1 amide bonds. The number of anilines is 1. The van der Waals surface area contributed by atoms with Crippen molar-refractivity contribution in [1.29, 1.82) is 0 Å². The molecule has 1 N–H and O–H groups in total. The summed E-state index contributed by atoms with van der Waals surface area (Å²) in [7, 11) is 0. The Bertz CT molecular complexity index is 966. The van der Waals surface area contributed by atoms with Crippen molar-refractivity contribution < 1.29 is 14.3 Å². The van der Waals surface area contributed by atoms with Gasteiger partial charge < -0.3 is 10.1 Å². The fraction of sp³-hybridized carbons (Fsp3) is 0.143. The molecule has 0 spiro atoms. The maximum absolute atomic E-state index is 12.6. The molecule has 3 aromatic rings. The van der Waals surface area contributed by atoms with Gasteiger partial charge in [-0.3, -0.25) is 4.79 Å². The average molecular weight is 400 g/mol. The van der Waals surface area contributed by atoms with Gasteiger partial charge in [-0.2, -0.15) is 0 Å². The zero-order chi connectivity index (χ0) is 19.4. The minimum atomic E-state index is -0.940. The number of ether oxygens (including phenoxy) is 1. The van der Waals surface area contributed by atoms with E-state index in [1.54, 1.807) is 24.3 Å². The smallest absolute Gasteiger partial charge is 0.349 e. The third-order valence-electron chi connectivity index (χ3n) is 3.96. The largest absolute Gasteiger partial charge is 0.448 e. The molecule has 0 saturated carbocycles. The molecule has 138 valence electrons. The van der Waals surface area contributed by atoms with Gasteiger partial charge in [0.1, 0.15) is 4.88 Å². The highest BCUT2D eigenvalue weighted by Gasteiger charge is 2.22. The third kappa shape index (κ3) is 4.76. The Hall–Kier alpha value is -2.63. The maximum atomic E-state index is 12.6. The van der Waals surface area contributed by atoms with Crippen molar-refractivity contribution in [3.8, 4) is 11.1 Å². The van der Waals surface area contributed by atoms with Gasteiger partial charge in [0, 0.05) is 16.3 Å². The molecular weight excluding hydrogens is 382 g/mol. The van der Waals surface area contributed by atoms with Crippen molar-refractivity contribution in [3.05, 3.63) is 75.4 Å². The van der Waals surface area contributed by atoms with Crippen molar-refractivity contribution in [2.45, 2.75) is 20.0 Å². The van der Waals surface area contributed by atoms with Gasteiger partial charge in [-0.15, -0.1) is 11.3 Å². The van der Waals surface area contributed by atoms with Crippen molar-refractivity contribution in [2.24, 2.45) is 0 Å². The Morgan fingerprint density at radius 3 is 2.56 bits per heavy atom. The van der Waals surface area contributed by atoms with Gasteiger partial charge in [0.2, 0.25) is 0 Å². The lowest BCUT2D eigenvalue weighted by atomic mass is 10.1. The first-order valence-corrected chi connectivity index (χ1v) is 9.62. The van der Waals surface area contributed by atoms with Crippen LogP contribution in [0, 0.1) is 6.92 Å². The highest BCUT2D eigenvalue weighted by atomic mass is 35.5. The average Bonchev–Trinajstić information content (AvgIpc) is 3.12. The Labute approximate surface area is 166 Å².